The summed E-state index contributed by atoms with van der Waals surface area (Å²) in [5, 5.41) is 8.13. The number of nitrogens with two attached hydrogens (primary N) is 1. The van der Waals surface area contributed by atoms with Gasteiger partial charge in [-0.3, -0.25) is 4.79 Å². The van der Waals surface area contributed by atoms with Crippen molar-refractivity contribution in [2.75, 3.05) is 0 Å². The Labute approximate surface area is 67.7 Å². The van der Waals surface area contributed by atoms with Gasteiger partial charge in [0.05, 0.1) is 0 Å². The van der Waals surface area contributed by atoms with Crippen LogP contribution < -0.4 is 5.73 Å². The lowest BCUT2D eigenvalue weighted by molar-refractivity contribution is -0.106. The molecule has 3 N–H and O–H groups in total. The van der Waals surface area contributed by atoms with Crippen LogP contribution in [0.2, 0.25) is 0 Å². The van der Waals surface area contributed by atoms with E-state index in [1.807, 2.05) is 0 Å². The Morgan fingerprint density at radius 1 is 1.44 bits per heavy atom. The van der Waals surface area contributed by atoms with Crippen molar-refractivity contribution in [3.8, 4) is 0 Å². The molecule has 56 valence electrons. The number of aliphatic hydroxyl groups is 1. The van der Waals surface area contributed by atoms with E-state index >= 15 is 0 Å². The normalized spacial score (nSPS) is 11.7. The van der Waals surface area contributed by atoms with Crippen LogP contribution in [0.25, 0.3) is 0 Å². The average molecular weight is 194 g/mol. The van der Waals surface area contributed by atoms with Crippen molar-refractivity contribution in [2.24, 2.45) is 5.73 Å². The van der Waals surface area contributed by atoms with Gasteiger partial charge in [0.2, 0.25) is 6.41 Å². The Kier molecular flexibility index (Phi) is 11.1. The topological polar surface area (TPSA) is 63.3 Å². The number of hydrogen-bond donors (Lipinski definition) is 2. The van der Waals surface area contributed by atoms with Crippen molar-refractivity contribution in [3.05, 3.63) is 0 Å². The molecule has 0 rings (SSSR count). The molecule has 0 aliphatic heterocycles. The van der Waals surface area contributed by atoms with Gasteiger partial charge in [-0.2, -0.15) is 0 Å². The summed E-state index contributed by atoms with van der Waals surface area (Å²) in [6.07, 6.45) is 0.250. The number of carbonyl (C=O) groups is 1. The summed E-state index contributed by atoms with van der Waals surface area (Å²) < 4.78 is 0. The second kappa shape index (κ2) is 8.30. The molecular weight excluding hydrogens is 188 g/mol. The fourth-order valence-electron chi connectivity index (χ4n) is 0. The molecule has 6 heteroatoms. The third-order valence-corrected chi connectivity index (χ3v) is 1.20. The lowest BCUT2D eigenvalue weighted by Crippen LogP contribution is -2.04. The minimum atomic E-state index is -1.15. The second-order valence-electron chi connectivity index (χ2n) is 0.843. The molecule has 3 nitrogen and oxygen atoms in total. The van der Waals surface area contributed by atoms with Crippen LogP contribution in [0.4, 0.5) is 0 Å². The molecule has 0 heterocycles. The highest BCUT2D eigenvalue weighted by Crippen LogP contribution is 2.09. The monoisotopic (exact) mass is 193 g/mol. The number of primary amides is 1. The summed E-state index contributed by atoms with van der Waals surface area (Å²) in [4.78, 5) is 7.70. The third-order valence-electron chi connectivity index (χ3n) is 0.208. The van der Waals surface area contributed by atoms with Crippen LogP contribution in [0.5, 0.6) is 0 Å². The standard InChI is InChI=1S/C2H3Cl3O.CH3NO/c3-1(4)2(5)6;2-1-3/h1-2,6H;1H,(H2,2,3). The molecule has 0 aromatic rings. The largest absolute Gasteiger partial charge is 0.375 e. The number of hydrogen-bond acceptors (Lipinski definition) is 2. The zero-order chi connectivity index (χ0) is 7.86. The van der Waals surface area contributed by atoms with Crippen LogP contribution in [0.1, 0.15) is 0 Å². The predicted molar refractivity (Wildman–Crippen MR) is 37.6 cm³/mol. The molecule has 0 aliphatic rings. The van der Waals surface area contributed by atoms with Gasteiger partial charge in [0.15, 0.2) is 5.56 Å². The molecule has 0 radical (unpaired) electrons. The van der Waals surface area contributed by atoms with Gasteiger partial charge < -0.3 is 10.8 Å². The van der Waals surface area contributed by atoms with E-state index in [0.29, 0.717) is 0 Å². The Morgan fingerprint density at radius 2 is 1.56 bits per heavy atom. The molecular formula is C3H6Cl3NO2. The summed E-state index contributed by atoms with van der Waals surface area (Å²) in [5.74, 6) is 0. The van der Waals surface area contributed by atoms with Crippen molar-refractivity contribution >= 4 is 41.2 Å². The van der Waals surface area contributed by atoms with Crippen molar-refractivity contribution in [1.29, 1.82) is 0 Å². The van der Waals surface area contributed by atoms with E-state index in [9.17, 15) is 0 Å². The van der Waals surface area contributed by atoms with Crippen LogP contribution in [0.15, 0.2) is 0 Å². The van der Waals surface area contributed by atoms with Gasteiger partial charge in [0, 0.05) is 0 Å². The highest BCUT2D eigenvalue weighted by atomic mass is 35.5. The summed E-state index contributed by atoms with van der Waals surface area (Å²) in [6, 6.07) is 0. The summed E-state index contributed by atoms with van der Waals surface area (Å²) in [6.45, 7) is 0. The summed E-state index contributed by atoms with van der Waals surface area (Å²) in [7, 11) is 0. The van der Waals surface area contributed by atoms with Gasteiger partial charge in [-0.15, -0.1) is 23.2 Å². The fourth-order valence-corrected chi connectivity index (χ4v) is 0. The highest BCUT2D eigenvalue weighted by Gasteiger charge is 2.06. The number of alkyl halides is 3. The Hall–Kier alpha value is 0.300. The van der Waals surface area contributed by atoms with Crippen LogP contribution in [0.3, 0.4) is 0 Å². The molecule has 0 aromatic carbocycles. The highest BCUT2D eigenvalue weighted by molar-refractivity contribution is 6.47. The number of rotatable bonds is 1. The van der Waals surface area contributed by atoms with Crippen molar-refractivity contribution in [3.63, 3.8) is 0 Å². The molecule has 1 amide bonds. The van der Waals surface area contributed by atoms with E-state index < -0.39 is 10.4 Å². The van der Waals surface area contributed by atoms with Crippen LogP contribution in [0, 0.1) is 0 Å². The van der Waals surface area contributed by atoms with Gasteiger partial charge in [0.1, 0.15) is 4.84 Å². The number of amides is 1. The van der Waals surface area contributed by atoms with Gasteiger partial charge >= 0.3 is 0 Å². The van der Waals surface area contributed by atoms with Crippen LogP contribution >= 0.6 is 34.8 Å². The first-order valence-electron chi connectivity index (χ1n) is 1.82. The molecule has 9 heavy (non-hydrogen) atoms. The maximum absolute atomic E-state index is 8.58. The van der Waals surface area contributed by atoms with Gasteiger partial charge in [-0.25, -0.2) is 0 Å². The number of aliphatic hydroxyl groups excluding tert-OH is 1. The average Bonchev–Trinajstić information content (AvgIpc) is 1.68. The molecule has 0 spiro atoms. The van der Waals surface area contributed by atoms with E-state index in [4.69, 9.17) is 44.7 Å². The van der Waals surface area contributed by atoms with Gasteiger partial charge in [-0.1, -0.05) is 11.6 Å². The molecule has 1 unspecified atom stereocenters. The molecule has 0 aliphatic carbocycles. The molecule has 0 saturated carbocycles. The Morgan fingerprint density at radius 3 is 1.56 bits per heavy atom. The molecule has 0 aromatic heterocycles. The first-order valence-corrected chi connectivity index (χ1v) is 3.12. The summed E-state index contributed by atoms with van der Waals surface area (Å²) >= 11 is 14.9. The van der Waals surface area contributed by atoms with E-state index in [2.05, 4.69) is 5.73 Å². The van der Waals surface area contributed by atoms with Crippen molar-refractivity contribution in [1.82, 2.24) is 0 Å². The van der Waals surface area contributed by atoms with E-state index in [0.717, 1.165) is 0 Å². The zero-order valence-electron chi connectivity index (χ0n) is 4.30. The maximum atomic E-state index is 8.58. The molecule has 0 bridgehead atoms. The SMILES string of the molecule is NC=O.OC(Cl)C(Cl)Cl. The summed E-state index contributed by atoms with van der Waals surface area (Å²) in [5.41, 5.74) is 3.02. The first kappa shape index (κ1) is 12.0. The van der Waals surface area contributed by atoms with Gasteiger partial charge in [0.25, 0.3) is 0 Å². The number of carbonyl (C=O) groups excluding carboxylic acids is 1. The minimum Gasteiger partial charge on any atom is -0.375 e. The minimum absolute atomic E-state index is 0.250. The Bertz CT molecular complexity index is 62.1. The van der Waals surface area contributed by atoms with Gasteiger partial charge in [-0.05, 0) is 0 Å². The first-order chi connectivity index (χ1) is 4.06. The third kappa shape index (κ3) is 17.8. The maximum Gasteiger partial charge on any atom is 0.204 e. The van der Waals surface area contributed by atoms with Crippen LogP contribution in [-0.4, -0.2) is 21.9 Å². The predicted octanol–water partition coefficient (Wildman–Crippen LogP) is 0.449. The smallest absolute Gasteiger partial charge is 0.204 e. The van der Waals surface area contributed by atoms with Crippen molar-refractivity contribution < 1.29 is 9.90 Å². The number of halogens is 3. The Balaban J connectivity index is 0. The molecule has 0 saturated heterocycles. The molecule has 1 atom stereocenters. The quantitative estimate of drug-likeness (QED) is 0.470. The molecule has 0 fully saturated rings. The van der Waals surface area contributed by atoms with E-state index in [1.54, 1.807) is 0 Å². The van der Waals surface area contributed by atoms with E-state index in [-0.39, 0.29) is 6.41 Å². The van der Waals surface area contributed by atoms with Crippen molar-refractivity contribution in [2.45, 2.75) is 10.4 Å². The lowest BCUT2D eigenvalue weighted by atomic mass is 10.9. The lowest BCUT2D eigenvalue weighted by Gasteiger charge is -1.96. The second-order valence-corrected chi connectivity index (χ2v) is 2.45. The zero-order valence-corrected chi connectivity index (χ0v) is 6.57. The van der Waals surface area contributed by atoms with Crippen LogP contribution in [-0.2, 0) is 4.79 Å². The van der Waals surface area contributed by atoms with E-state index in [1.165, 1.54) is 0 Å². The fraction of sp³-hybridized carbons (Fsp3) is 0.667.